The van der Waals surface area contributed by atoms with Crippen molar-refractivity contribution in [2.45, 2.75) is 20.0 Å². The summed E-state index contributed by atoms with van der Waals surface area (Å²) < 4.78 is 2.14. The number of aryl methyl sites for hydroxylation is 1. The van der Waals surface area contributed by atoms with Gasteiger partial charge in [0.25, 0.3) is 0 Å². The van der Waals surface area contributed by atoms with Gasteiger partial charge in [0, 0.05) is 72.0 Å². The van der Waals surface area contributed by atoms with E-state index in [1.165, 1.54) is 11.3 Å². The molecule has 28 heavy (non-hydrogen) atoms. The van der Waals surface area contributed by atoms with Gasteiger partial charge in [-0.2, -0.15) is 0 Å². The van der Waals surface area contributed by atoms with Crippen molar-refractivity contribution in [2.75, 3.05) is 51.7 Å². The molecule has 1 saturated heterocycles. The Morgan fingerprint density at radius 2 is 2.04 bits per heavy atom. The molecule has 3 heterocycles. The van der Waals surface area contributed by atoms with Crippen molar-refractivity contribution in [3.8, 4) is 0 Å². The molecule has 0 bridgehead atoms. The summed E-state index contributed by atoms with van der Waals surface area (Å²) in [5, 5.41) is 3.48. The molecule has 0 unspecified atom stereocenters. The molecule has 152 valence electrons. The number of hydrogen-bond acceptors (Lipinski definition) is 4. The molecule has 3 rings (SSSR count). The van der Waals surface area contributed by atoms with Crippen molar-refractivity contribution >= 4 is 11.8 Å². The van der Waals surface area contributed by atoms with E-state index in [2.05, 4.69) is 86.0 Å². The van der Waals surface area contributed by atoms with Gasteiger partial charge in [-0.3, -0.25) is 4.99 Å². The summed E-state index contributed by atoms with van der Waals surface area (Å²) in [4.78, 5) is 16.0. The van der Waals surface area contributed by atoms with E-state index in [0.29, 0.717) is 0 Å². The van der Waals surface area contributed by atoms with Crippen LogP contribution < -0.4 is 10.2 Å². The van der Waals surface area contributed by atoms with E-state index in [-0.39, 0.29) is 0 Å². The minimum absolute atomic E-state index is 0.731. The van der Waals surface area contributed by atoms with Crippen LogP contribution in [0.2, 0.25) is 0 Å². The number of piperazine rings is 1. The second-order valence-electron chi connectivity index (χ2n) is 7.31. The highest BCUT2D eigenvalue weighted by Crippen LogP contribution is 2.15. The number of nitrogens with one attached hydrogen (secondary N) is 1. The van der Waals surface area contributed by atoms with E-state index in [1.807, 2.05) is 13.2 Å². The maximum Gasteiger partial charge on any atom is 0.194 e. The van der Waals surface area contributed by atoms with Gasteiger partial charge < -0.3 is 24.6 Å². The third kappa shape index (κ3) is 5.04. The van der Waals surface area contributed by atoms with Crippen LogP contribution in [0.1, 0.15) is 18.2 Å². The number of nitrogens with zero attached hydrogens (tertiary/aromatic N) is 6. The Morgan fingerprint density at radius 3 is 2.68 bits per heavy atom. The highest BCUT2D eigenvalue weighted by Gasteiger charge is 2.17. The first-order chi connectivity index (χ1) is 13.6. The van der Waals surface area contributed by atoms with Crippen molar-refractivity contribution in [1.82, 2.24) is 24.7 Å². The molecular weight excluding hydrogens is 350 g/mol. The summed E-state index contributed by atoms with van der Waals surface area (Å²) in [6.45, 7) is 9.19. The average molecular weight is 384 g/mol. The van der Waals surface area contributed by atoms with Crippen LogP contribution in [-0.4, -0.2) is 72.1 Å². The fourth-order valence-corrected chi connectivity index (χ4v) is 3.58. The first kappa shape index (κ1) is 20.2. The Morgan fingerprint density at radius 1 is 1.25 bits per heavy atom. The van der Waals surface area contributed by atoms with Crippen molar-refractivity contribution in [3.63, 3.8) is 0 Å². The molecule has 0 radical (unpaired) electrons. The second kappa shape index (κ2) is 9.59. The van der Waals surface area contributed by atoms with Crippen molar-refractivity contribution < 1.29 is 0 Å². The predicted octanol–water partition coefficient (Wildman–Crippen LogP) is 1.77. The first-order valence-corrected chi connectivity index (χ1v) is 10.0. The molecule has 2 aromatic heterocycles. The van der Waals surface area contributed by atoms with Crippen LogP contribution in [0.3, 0.4) is 0 Å². The number of aliphatic imine (C=N–C) groups is 1. The lowest BCUT2D eigenvalue weighted by molar-refractivity contribution is 0.270. The summed E-state index contributed by atoms with van der Waals surface area (Å²) in [5.41, 5.74) is 2.47. The molecule has 0 aromatic carbocycles. The summed E-state index contributed by atoms with van der Waals surface area (Å²) in [6.07, 6.45) is 3.98. The lowest BCUT2D eigenvalue weighted by atomic mass is 10.2. The maximum atomic E-state index is 4.59. The van der Waals surface area contributed by atoms with E-state index in [4.69, 9.17) is 0 Å². The molecule has 2 aromatic rings. The van der Waals surface area contributed by atoms with Gasteiger partial charge in [-0.1, -0.05) is 6.92 Å². The minimum atomic E-state index is 0.731. The fraction of sp³-hybridized carbons (Fsp3) is 0.524. The number of guanidine groups is 1. The van der Waals surface area contributed by atoms with Crippen LogP contribution in [0.4, 0.5) is 5.82 Å². The topological polar surface area (TPSA) is 51.9 Å². The minimum Gasteiger partial charge on any atom is -0.354 e. The lowest BCUT2D eigenvalue weighted by Gasteiger charge is -2.34. The molecular formula is C21H33N7. The lowest BCUT2D eigenvalue weighted by Crippen LogP contribution is -2.46. The summed E-state index contributed by atoms with van der Waals surface area (Å²) in [7, 11) is 5.96. The van der Waals surface area contributed by atoms with Gasteiger partial charge in [-0.05, 0) is 36.4 Å². The van der Waals surface area contributed by atoms with Crippen LogP contribution in [0.25, 0.3) is 0 Å². The van der Waals surface area contributed by atoms with E-state index < -0.39 is 0 Å². The number of rotatable bonds is 6. The van der Waals surface area contributed by atoms with Crippen LogP contribution in [0, 0.1) is 0 Å². The molecule has 0 amide bonds. The molecule has 0 aliphatic carbocycles. The Kier molecular flexibility index (Phi) is 6.92. The number of aromatic nitrogens is 2. The Balaban J connectivity index is 1.57. The highest BCUT2D eigenvalue weighted by atomic mass is 15.3. The summed E-state index contributed by atoms with van der Waals surface area (Å²) in [5.74, 6) is 1.96. The molecule has 0 spiro atoms. The maximum absolute atomic E-state index is 4.59. The van der Waals surface area contributed by atoms with E-state index in [9.17, 15) is 0 Å². The van der Waals surface area contributed by atoms with Crippen LogP contribution in [0.15, 0.2) is 41.7 Å². The Hall–Kier alpha value is -2.54. The van der Waals surface area contributed by atoms with Crippen molar-refractivity contribution in [2.24, 2.45) is 12.0 Å². The standard InChI is InChI=1S/C21H33N7/c1-5-27-11-13-28(14-12-27)20-15-18(8-9-23-20)16-24-21(22-2)26(4)17-19-7-6-10-25(19)3/h6-10,15H,5,11-14,16-17H2,1-4H3,(H,22,24). The molecule has 0 atom stereocenters. The summed E-state index contributed by atoms with van der Waals surface area (Å²) in [6, 6.07) is 8.47. The van der Waals surface area contributed by atoms with Gasteiger partial charge in [-0.15, -0.1) is 0 Å². The molecule has 0 saturated carbocycles. The smallest absolute Gasteiger partial charge is 0.194 e. The van der Waals surface area contributed by atoms with Gasteiger partial charge >= 0.3 is 0 Å². The number of pyridine rings is 1. The quantitative estimate of drug-likeness (QED) is 0.609. The molecule has 1 aliphatic rings. The Bertz CT molecular complexity index is 775. The first-order valence-electron chi connectivity index (χ1n) is 10.0. The second-order valence-corrected chi connectivity index (χ2v) is 7.31. The van der Waals surface area contributed by atoms with E-state index >= 15 is 0 Å². The predicted molar refractivity (Wildman–Crippen MR) is 116 cm³/mol. The molecule has 7 heteroatoms. The third-order valence-electron chi connectivity index (χ3n) is 5.43. The third-order valence-corrected chi connectivity index (χ3v) is 5.43. The summed E-state index contributed by atoms with van der Waals surface area (Å²) >= 11 is 0. The van der Waals surface area contributed by atoms with Gasteiger partial charge in [0.05, 0.1) is 6.54 Å². The van der Waals surface area contributed by atoms with Crippen molar-refractivity contribution in [1.29, 1.82) is 0 Å². The molecule has 1 aliphatic heterocycles. The molecule has 1 fully saturated rings. The van der Waals surface area contributed by atoms with Crippen LogP contribution in [0.5, 0.6) is 0 Å². The van der Waals surface area contributed by atoms with Gasteiger partial charge in [0.15, 0.2) is 5.96 Å². The zero-order chi connectivity index (χ0) is 19.9. The fourth-order valence-electron chi connectivity index (χ4n) is 3.58. The largest absolute Gasteiger partial charge is 0.354 e. The van der Waals surface area contributed by atoms with Crippen molar-refractivity contribution in [3.05, 3.63) is 47.9 Å². The van der Waals surface area contributed by atoms with Gasteiger partial charge in [-0.25, -0.2) is 4.98 Å². The van der Waals surface area contributed by atoms with Crippen LogP contribution >= 0.6 is 0 Å². The van der Waals surface area contributed by atoms with Crippen LogP contribution in [-0.2, 0) is 20.1 Å². The number of anilines is 1. The van der Waals surface area contributed by atoms with Gasteiger partial charge in [0.2, 0.25) is 0 Å². The zero-order valence-electron chi connectivity index (χ0n) is 17.6. The van der Waals surface area contributed by atoms with E-state index in [1.54, 1.807) is 0 Å². The molecule has 7 nitrogen and oxygen atoms in total. The zero-order valence-corrected chi connectivity index (χ0v) is 17.6. The number of likely N-dealkylation sites (N-methyl/N-ethyl adjacent to an activating group) is 1. The monoisotopic (exact) mass is 383 g/mol. The highest BCUT2D eigenvalue weighted by molar-refractivity contribution is 5.79. The normalized spacial score (nSPS) is 15.7. The van der Waals surface area contributed by atoms with Gasteiger partial charge in [0.1, 0.15) is 5.82 Å². The SMILES string of the molecule is CCN1CCN(c2cc(CNC(=NC)N(C)Cc3cccn3C)ccn2)CC1. The average Bonchev–Trinajstić information content (AvgIpc) is 3.13. The Labute approximate surface area is 168 Å². The molecule has 1 N–H and O–H groups in total. The van der Waals surface area contributed by atoms with E-state index in [0.717, 1.165) is 57.6 Å². The number of hydrogen-bond donors (Lipinski definition) is 1.